The second kappa shape index (κ2) is 5.41. The molecule has 0 saturated heterocycles. The monoisotopic (exact) mass is 301 g/mol. The van der Waals surface area contributed by atoms with Crippen LogP contribution in [0.25, 0.3) is 11.0 Å². The van der Waals surface area contributed by atoms with Crippen LogP contribution in [0.4, 0.5) is 5.69 Å². The van der Waals surface area contributed by atoms with Gasteiger partial charge in [-0.25, -0.2) is 5.43 Å². The molecule has 4 nitrogen and oxygen atoms in total. The molecule has 3 rings (SSSR count). The molecule has 108 valence electrons. The summed E-state index contributed by atoms with van der Waals surface area (Å²) < 4.78 is 5.96. The lowest BCUT2D eigenvalue weighted by Gasteiger charge is -2.16. The standard InChI is InChI=1S/C16H16ClN3O/c1-9-3-2-4-10-7-14(21-16(9)10)15(20-19)12-6-5-11(17)8-13(12)18/h2-8,15,20H,18-19H2,1H3. The zero-order valence-corrected chi connectivity index (χ0v) is 12.3. The molecule has 0 bridgehead atoms. The van der Waals surface area contributed by atoms with Crippen molar-refractivity contribution in [3.63, 3.8) is 0 Å². The molecule has 0 amide bonds. The Morgan fingerprint density at radius 2 is 2.00 bits per heavy atom. The number of rotatable bonds is 3. The van der Waals surface area contributed by atoms with Crippen molar-refractivity contribution in [1.82, 2.24) is 5.43 Å². The first kappa shape index (κ1) is 13.9. The van der Waals surface area contributed by atoms with E-state index in [0.29, 0.717) is 10.7 Å². The average Bonchev–Trinajstić information content (AvgIpc) is 2.87. The fraction of sp³-hybridized carbons (Fsp3) is 0.125. The molecule has 1 aromatic heterocycles. The molecule has 1 unspecified atom stereocenters. The lowest BCUT2D eigenvalue weighted by Crippen LogP contribution is -2.29. The van der Waals surface area contributed by atoms with Gasteiger partial charge in [-0.05, 0) is 30.7 Å². The second-order valence-electron chi connectivity index (χ2n) is 5.01. The zero-order chi connectivity index (χ0) is 15.0. The number of aryl methyl sites for hydroxylation is 1. The van der Waals surface area contributed by atoms with Gasteiger partial charge >= 0.3 is 0 Å². The summed E-state index contributed by atoms with van der Waals surface area (Å²) in [6.45, 7) is 2.01. The van der Waals surface area contributed by atoms with Crippen molar-refractivity contribution in [1.29, 1.82) is 0 Å². The molecule has 1 heterocycles. The summed E-state index contributed by atoms with van der Waals surface area (Å²) in [5.74, 6) is 6.42. The van der Waals surface area contributed by atoms with Gasteiger partial charge in [0.25, 0.3) is 0 Å². The molecule has 0 saturated carbocycles. The van der Waals surface area contributed by atoms with Gasteiger partial charge in [-0.15, -0.1) is 0 Å². The van der Waals surface area contributed by atoms with Gasteiger partial charge in [-0.1, -0.05) is 35.9 Å². The van der Waals surface area contributed by atoms with Crippen molar-refractivity contribution in [2.75, 3.05) is 5.73 Å². The Morgan fingerprint density at radius 3 is 2.67 bits per heavy atom. The minimum Gasteiger partial charge on any atom is -0.459 e. The van der Waals surface area contributed by atoms with Gasteiger partial charge in [-0.3, -0.25) is 5.84 Å². The number of halogens is 1. The highest BCUT2D eigenvalue weighted by molar-refractivity contribution is 6.30. The van der Waals surface area contributed by atoms with Crippen LogP contribution in [0.2, 0.25) is 5.02 Å². The van der Waals surface area contributed by atoms with E-state index < -0.39 is 0 Å². The van der Waals surface area contributed by atoms with Gasteiger partial charge in [0.15, 0.2) is 0 Å². The van der Waals surface area contributed by atoms with Gasteiger partial charge in [0.1, 0.15) is 17.4 Å². The molecule has 0 aliphatic heterocycles. The maximum Gasteiger partial charge on any atom is 0.137 e. The second-order valence-corrected chi connectivity index (χ2v) is 5.45. The number of furan rings is 1. The van der Waals surface area contributed by atoms with Crippen LogP contribution < -0.4 is 17.0 Å². The van der Waals surface area contributed by atoms with E-state index in [9.17, 15) is 0 Å². The average molecular weight is 302 g/mol. The van der Waals surface area contributed by atoms with Crippen molar-refractivity contribution < 1.29 is 4.42 Å². The predicted molar refractivity (Wildman–Crippen MR) is 86.0 cm³/mol. The highest BCUT2D eigenvalue weighted by Gasteiger charge is 2.20. The van der Waals surface area contributed by atoms with E-state index in [0.717, 1.165) is 27.9 Å². The smallest absolute Gasteiger partial charge is 0.137 e. The van der Waals surface area contributed by atoms with E-state index in [1.807, 2.05) is 37.3 Å². The van der Waals surface area contributed by atoms with Crippen LogP contribution in [-0.4, -0.2) is 0 Å². The summed E-state index contributed by atoms with van der Waals surface area (Å²) in [6, 6.07) is 13.0. The number of nitrogens with one attached hydrogen (secondary N) is 1. The van der Waals surface area contributed by atoms with Gasteiger partial charge < -0.3 is 10.2 Å². The summed E-state index contributed by atoms with van der Waals surface area (Å²) in [7, 11) is 0. The highest BCUT2D eigenvalue weighted by Crippen LogP contribution is 2.32. The molecule has 3 aromatic rings. The van der Waals surface area contributed by atoms with Gasteiger partial charge in [-0.2, -0.15) is 0 Å². The van der Waals surface area contributed by atoms with Crippen LogP contribution in [-0.2, 0) is 0 Å². The number of hydrogen-bond acceptors (Lipinski definition) is 4. The van der Waals surface area contributed by atoms with Crippen LogP contribution in [0.5, 0.6) is 0 Å². The van der Waals surface area contributed by atoms with E-state index in [-0.39, 0.29) is 6.04 Å². The molecular formula is C16H16ClN3O. The quantitative estimate of drug-likeness (QED) is 0.393. The molecule has 2 aromatic carbocycles. The van der Waals surface area contributed by atoms with Crippen LogP contribution in [0.15, 0.2) is 46.9 Å². The third kappa shape index (κ3) is 2.49. The van der Waals surface area contributed by atoms with E-state index in [4.69, 9.17) is 27.6 Å². The molecule has 0 aliphatic carbocycles. The Morgan fingerprint density at radius 1 is 1.19 bits per heavy atom. The zero-order valence-electron chi connectivity index (χ0n) is 11.6. The SMILES string of the molecule is Cc1cccc2cc(C(NN)c3ccc(Cl)cc3N)oc12. The lowest BCUT2D eigenvalue weighted by atomic mass is 10.0. The number of nitrogens with two attached hydrogens (primary N) is 2. The summed E-state index contributed by atoms with van der Waals surface area (Å²) >= 11 is 5.94. The minimum atomic E-state index is -0.325. The Hall–Kier alpha value is -2.01. The molecule has 0 fully saturated rings. The van der Waals surface area contributed by atoms with E-state index in [1.54, 1.807) is 12.1 Å². The number of benzene rings is 2. The van der Waals surface area contributed by atoms with E-state index in [1.165, 1.54) is 0 Å². The number of hydrazine groups is 1. The highest BCUT2D eigenvalue weighted by atomic mass is 35.5. The van der Waals surface area contributed by atoms with Gasteiger partial charge in [0.2, 0.25) is 0 Å². The first-order chi connectivity index (χ1) is 10.1. The molecule has 0 spiro atoms. The topological polar surface area (TPSA) is 77.2 Å². The van der Waals surface area contributed by atoms with E-state index >= 15 is 0 Å². The summed E-state index contributed by atoms with van der Waals surface area (Å²) in [6.07, 6.45) is 0. The van der Waals surface area contributed by atoms with Crippen molar-refractivity contribution in [2.24, 2.45) is 5.84 Å². The summed E-state index contributed by atoms with van der Waals surface area (Å²) in [4.78, 5) is 0. The van der Waals surface area contributed by atoms with Crippen LogP contribution in [0.1, 0.15) is 22.9 Å². The van der Waals surface area contributed by atoms with Crippen molar-refractivity contribution >= 4 is 28.3 Å². The van der Waals surface area contributed by atoms with Gasteiger partial charge in [0.05, 0.1) is 0 Å². The molecule has 5 N–H and O–H groups in total. The summed E-state index contributed by atoms with van der Waals surface area (Å²) in [5, 5.41) is 1.63. The maximum absolute atomic E-state index is 6.04. The molecule has 0 radical (unpaired) electrons. The fourth-order valence-electron chi connectivity index (χ4n) is 2.50. The third-order valence-corrected chi connectivity index (χ3v) is 3.81. The molecule has 21 heavy (non-hydrogen) atoms. The number of anilines is 1. The lowest BCUT2D eigenvalue weighted by molar-refractivity contribution is 0.477. The Labute approximate surface area is 127 Å². The minimum absolute atomic E-state index is 0.325. The van der Waals surface area contributed by atoms with Crippen LogP contribution >= 0.6 is 11.6 Å². The maximum atomic E-state index is 6.04. The van der Waals surface area contributed by atoms with Gasteiger partial charge in [0, 0.05) is 21.7 Å². The summed E-state index contributed by atoms with van der Waals surface area (Å²) in [5.41, 5.74) is 12.1. The fourth-order valence-corrected chi connectivity index (χ4v) is 2.69. The van der Waals surface area contributed by atoms with E-state index in [2.05, 4.69) is 5.43 Å². The molecule has 1 atom stereocenters. The first-order valence-corrected chi connectivity index (χ1v) is 6.98. The molecule has 0 aliphatic rings. The molecule has 5 heteroatoms. The number of hydrogen-bond donors (Lipinski definition) is 3. The van der Waals surface area contributed by atoms with Crippen molar-refractivity contribution in [2.45, 2.75) is 13.0 Å². The third-order valence-electron chi connectivity index (χ3n) is 3.57. The first-order valence-electron chi connectivity index (χ1n) is 6.60. The largest absolute Gasteiger partial charge is 0.459 e. The van der Waals surface area contributed by atoms with Crippen molar-refractivity contribution in [3.8, 4) is 0 Å². The predicted octanol–water partition coefficient (Wildman–Crippen LogP) is 3.53. The van der Waals surface area contributed by atoms with Crippen LogP contribution in [0, 0.1) is 6.92 Å². The Balaban J connectivity index is 2.11. The van der Waals surface area contributed by atoms with Crippen LogP contribution in [0.3, 0.4) is 0 Å². The number of para-hydroxylation sites is 1. The number of fused-ring (bicyclic) bond motifs is 1. The Kier molecular flexibility index (Phi) is 3.59. The number of nitrogen functional groups attached to an aromatic ring is 1. The molecular weight excluding hydrogens is 286 g/mol. The normalized spacial score (nSPS) is 12.7. The Bertz CT molecular complexity index is 797. The van der Waals surface area contributed by atoms with Crippen molar-refractivity contribution in [3.05, 3.63) is 64.4 Å².